The zero-order valence-electron chi connectivity index (χ0n) is 9.27. The lowest BCUT2D eigenvalue weighted by Gasteiger charge is -2.05. The summed E-state index contributed by atoms with van der Waals surface area (Å²) in [5.74, 6) is -1.01. The molecule has 2 N–H and O–H groups in total. The Morgan fingerprint density at radius 1 is 1.50 bits per heavy atom. The summed E-state index contributed by atoms with van der Waals surface area (Å²) in [6, 6.07) is 3.20. The van der Waals surface area contributed by atoms with Crippen LogP contribution < -0.4 is 5.32 Å². The van der Waals surface area contributed by atoms with Gasteiger partial charge in [0.15, 0.2) is 0 Å². The molecule has 0 spiro atoms. The van der Waals surface area contributed by atoms with Gasteiger partial charge >= 0.3 is 5.97 Å². The van der Waals surface area contributed by atoms with E-state index in [1.807, 2.05) is 0 Å². The SMILES string of the molecule is COCCCCNc1ccc(C(=O)O)nc1. The number of nitrogens with one attached hydrogen (secondary N) is 1. The molecule has 0 radical (unpaired) electrons. The van der Waals surface area contributed by atoms with E-state index in [4.69, 9.17) is 9.84 Å². The highest BCUT2D eigenvalue weighted by Crippen LogP contribution is 2.06. The summed E-state index contributed by atoms with van der Waals surface area (Å²) in [5.41, 5.74) is 0.896. The van der Waals surface area contributed by atoms with Crippen molar-refractivity contribution < 1.29 is 14.6 Å². The molecule has 0 bridgehead atoms. The van der Waals surface area contributed by atoms with E-state index in [0.717, 1.165) is 31.7 Å². The Morgan fingerprint density at radius 3 is 2.88 bits per heavy atom. The molecule has 5 heteroatoms. The van der Waals surface area contributed by atoms with Crippen LogP contribution in [0.2, 0.25) is 0 Å². The molecule has 0 atom stereocenters. The van der Waals surface area contributed by atoms with Gasteiger partial charge in [0.1, 0.15) is 5.69 Å². The monoisotopic (exact) mass is 224 g/mol. The van der Waals surface area contributed by atoms with Crippen molar-refractivity contribution in [2.45, 2.75) is 12.8 Å². The van der Waals surface area contributed by atoms with Crippen LogP contribution in [0.5, 0.6) is 0 Å². The normalized spacial score (nSPS) is 10.1. The van der Waals surface area contributed by atoms with Crippen molar-refractivity contribution in [3.63, 3.8) is 0 Å². The lowest BCUT2D eigenvalue weighted by Crippen LogP contribution is -2.05. The number of aromatic nitrogens is 1. The predicted octanol–water partition coefficient (Wildman–Crippen LogP) is 1.62. The summed E-state index contributed by atoms with van der Waals surface area (Å²) in [4.78, 5) is 14.4. The smallest absolute Gasteiger partial charge is 0.354 e. The second-order valence-corrected chi connectivity index (χ2v) is 3.36. The van der Waals surface area contributed by atoms with Crippen LogP contribution in [-0.4, -0.2) is 36.3 Å². The largest absolute Gasteiger partial charge is 0.477 e. The second kappa shape index (κ2) is 6.79. The minimum absolute atomic E-state index is 0.0601. The van der Waals surface area contributed by atoms with Crippen LogP contribution in [0.25, 0.3) is 0 Å². The Kier molecular flexibility index (Phi) is 5.28. The molecule has 1 heterocycles. The molecule has 88 valence electrons. The topological polar surface area (TPSA) is 71.5 Å². The van der Waals surface area contributed by atoms with E-state index < -0.39 is 5.97 Å². The number of methoxy groups -OCH3 is 1. The van der Waals surface area contributed by atoms with Gasteiger partial charge in [-0.1, -0.05) is 0 Å². The molecule has 0 fully saturated rings. The van der Waals surface area contributed by atoms with Gasteiger partial charge in [0.05, 0.1) is 11.9 Å². The highest BCUT2D eigenvalue weighted by molar-refractivity contribution is 5.85. The number of carboxylic acid groups (broad SMARTS) is 1. The van der Waals surface area contributed by atoms with E-state index in [1.165, 1.54) is 12.3 Å². The molecule has 1 aromatic heterocycles. The fourth-order valence-electron chi connectivity index (χ4n) is 1.23. The Morgan fingerprint density at radius 2 is 2.31 bits per heavy atom. The van der Waals surface area contributed by atoms with Crippen molar-refractivity contribution in [1.29, 1.82) is 0 Å². The molecule has 0 amide bonds. The predicted molar refractivity (Wildman–Crippen MR) is 60.8 cm³/mol. The highest BCUT2D eigenvalue weighted by atomic mass is 16.5. The molecule has 0 aromatic carbocycles. The molecule has 0 aliphatic heterocycles. The van der Waals surface area contributed by atoms with Gasteiger partial charge in [0.25, 0.3) is 0 Å². The lowest BCUT2D eigenvalue weighted by atomic mass is 10.3. The van der Waals surface area contributed by atoms with E-state index in [0.29, 0.717) is 0 Å². The maximum Gasteiger partial charge on any atom is 0.354 e. The summed E-state index contributed by atoms with van der Waals surface area (Å²) in [6.07, 6.45) is 3.54. The van der Waals surface area contributed by atoms with Gasteiger partial charge in [0, 0.05) is 20.3 Å². The number of rotatable bonds is 7. The molecular formula is C11H16N2O3. The first-order valence-corrected chi connectivity index (χ1v) is 5.16. The van der Waals surface area contributed by atoms with Crippen LogP contribution in [0.4, 0.5) is 5.69 Å². The minimum atomic E-state index is -1.01. The number of pyridine rings is 1. The van der Waals surface area contributed by atoms with Crippen LogP contribution in [0.1, 0.15) is 23.3 Å². The number of aromatic carboxylic acids is 1. The summed E-state index contributed by atoms with van der Waals surface area (Å²) in [5, 5.41) is 11.8. The zero-order chi connectivity index (χ0) is 11.8. The number of nitrogens with zero attached hydrogens (tertiary/aromatic N) is 1. The highest BCUT2D eigenvalue weighted by Gasteiger charge is 2.02. The van der Waals surface area contributed by atoms with E-state index in [-0.39, 0.29) is 5.69 Å². The maximum atomic E-state index is 10.5. The van der Waals surface area contributed by atoms with Gasteiger partial charge in [0.2, 0.25) is 0 Å². The van der Waals surface area contributed by atoms with Crippen molar-refractivity contribution in [2.75, 3.05) is 25.6 Å². The van der Waals surface area contributed by atoms with Gasteiger partial charge in [-0.2, -0.15) is 0 Å². The fourth-order valence-corrected chi connectivity index (χ4v) is 1.23. The van der Waals surface area contributed by atoms with E-state index >= 15 is 0 Å². The molecule has 1 rings (SSSR count). The number of anilines is 1. The van der Waals surface area contributed by atoms with Crippen molar-refractivity contribution in [1.82, 2.24) is 4.98 Å². The first kappa shape index (κ1) is 12.4. The van der Waals surface area contributed by atoms with Gasteiger partial charge in [-0.3, -0.25) is 0 Å². The van der Waals surface area contributed by atoms with Gasteiger partial charge in [-0.15, -0.1) is 0 Å². The minimum Gasteiger partial charge on any atom is -0.477 e. The van der Waals surface area contributed by atoms with Crippen molar-refractivity contribution in [2.24, 2.45) is 0 Å². The molecule has 0 aliphatic carbocycles. The van der Waals surface area contributed by atoms with E-state index in [2.05, 4.69) is 10.3 Å². The van der Waals surface area contributed by atoms with Gasteiger partial charge in [-0.25, -0.2) is 9.78 Å². The third-order valence-electron chi connectivity index (χ3n) is 2.09. The van der Waals surface area contributed by atoms with Crippen LogP contribution in [0.3, 0.4) is 0 Å². The number of hydrogen-bond donors (Lipinski definition) is 2. The number of unbranched alkanes of at least 4 members (excludes halogenated alkanes) is 1. The Labute approximate surface area is 94.5 Å². The molecule has 0 unspecified atom stereocenters. The fraction of sp³-hybridized carbons (Fsp3) is 0.455. The molecule has 0 aliphatic rings. The zero-order valence-corrected chi connectivity index (χ0v) is 9.27. The third-order valence-corrected chi connectivity index (χ3v) is 2.09. The summed E-state index contributed by atoms with van der Waals surface area (Å²) in [6.45, 7) is 1.59. The molecule has 16 heavy (non-hydrogen) atoms. The van der Waals surface area contributed by atoms with Crippen molar-refractivity contribution in [3.05, 3.63) is 24.0 Å². The van der Waals surface area contributed by atoms with E-state index in [1.54, 1.807) is 13.2 Å². The Hall–Kier alpha value is -1.62. The number of carbonyl (C=O) groups is 1. The second-order valence-electron chi connectivity index (χ2n) is 3.36. The van der Waals surface area contributed by atoms with Crippen LogP contribution in [0, 0.1) is 0 Å². The molecule has 1 aromatic rings. The van der Waals surface area contributed by atoms with Crippen molar-refractivity contribution >= 4 is 11.7 Å². The standard InChI is InChI=1S/C11H16N2O3/c1-16-7-3-2-6-12-9-4-5-10(11(14)15)13-8-9/h4-5,8,12H,2-3,6-7H2,1H3,(H,14,15). The van der Waals surface area contributed by atoms with Crippen molar-refractivity contribution in [3.8, 4) is 0 Å². The Bertz CT molecular complexity index is 325. The van der Waals surface area contributed by atoms with Crippen LogP contribution >= 0.6 is 0 Å². The summed E-state index contributed by atoms with van der Waals surface area (Å²) < 4.78 is 4.93. The summed E-state index contributed by atoms with van der Waals surface area (Å²) in [7, 11) is 1.68. The van der Waals surface area contributed by atoms with Gasteiger partial charge < -0.3 is 15.2 Å². The number of ether oxygens (including phenoxy) is 1. The average molecular weight is 224 g/mol. The number of carboxylic acids is 1. The van der Waals surface area contributed by atoms with Crippen LogP contribution in [0.15, 0.2) is 18.3 Å². The quantitative estimate of drug-likeness (QED) is 0.688. The molecular weight excluding hydrogens is 208 g/mol. The molecule has 0 saturated heterocycles. The summed E-state index contributed by atoms with van der Waals surface area (Å²) >= 11 is 0. The molecule has 0 saturated carbocycles. The lowest BCUT2D eigenvalue weighted by molar-refractivity contribution is 0.0690. The average Bonchev–Trinajstić information content (AvgIpc) is 2.29. The van der Waals surface area contributed by atoms with Gasteiger partial charge in [-0.05, 0) is 25.0 Å². The molecule has 5 nitrogen and oxygen atoms in total. The van der Waals surface area contributed by atoms with E-state index in [9.17, 15) is 4.79 Å². The third kappa shape index (κ3) is 4.27. The van der Waals surface area contributed by atoms with Crippen LogP contribution in [-0.2, 0) is 4.74 Å². The maximum absolute atomic E-state index is 10.5. The first-order chi connectivity index (χ1) is 7.74. The first-order valence-electron chi connectivity index (χ1n) is 5.16. The number of hydrogen-bond acceptors (Lipinski definition) is 4. The Balaban J connectivity index is 2.29.